The average Bonchev–Trinajstić information content (AvgIpc) is 2.34. The number of hydrogen-bond donors (Lipinski definition) is 0. The van der Waals surface area contributed by atoms with Crippen LogP contribution in [-0.2, 0) is 14.3 Å². The number of Topliss-reactive ketones (excluding diaryl/α,β-unsaturated/α-hetero) is 1. The molecule has 1 atom stereocenters. The number of nitrogens with zero attached hydrogens (tertiary/aromatic N) is 1. The van der Waals surface area contributed by atoms with Gasteiger partial charge in [0.1, 0.15) is 11.4 Å². The SMILES string of the molecule is CC(C)COCCC1CN(C(=O)OC(C)(C)C)CCC1=O. The van der Waals surface area contributed by atoms with E-state index >= 15 is 0 Å². The van der Waals surface area contributed by atoms with E-state index in [1.165, 1.54) is 0 Å². The van der Waals surface area contributed by atoms with Gasteiger partial charge in [-0.15, -0.1) is 0 Å². The number of amides is 1. The first-order chi connectivity index (χ1) is 9.69. The van der Waals surface area contributed by atoms with Crippen LogP contribution in [0, 0.1) is 11.8 Å². The Morgan fingerprint density at radius 3 is 2.62 bits per heavy atom. The maximum atomic E-state index is 12.0. The largest absolute Gasteiger partial charge is 0.444 e. The lowest BCUT2D eigenvalue weighted by molar-refractivity contribution is -0.126. The molecule has 1 fully saturated rings. The molecular weight excluding hydrogens is 270 g/mol. The molecule has 122 valence electrons. The average molecular weight is 299 g/mol. The molecule has 5 heteroatoms. The Labute approximate surface area is 128 Å². The zero-order valence-electron chi connectivity index (χ0n) is 14.0. The summed E-state index contributed by atoms with van der Waals surface area (Å²) < 4.78 is 10.9. The summed E-state index contributed by atoms with van der Waals surface area (Å²) in [5.41, 5.74) is -0.506. The lowest BCUT2D eigenvalue weighted by Crippen LogP contribution is -2.46. The molecule has 21 heavy (non-hydrogen) atoms. The molecule has 1 amide bonds. The topological polar surface area (TPSA) is 55.8 Å². The van der Waals surface area contributed by atoms with Crippen LogP contribution in [0.5, 0.6) is 0 Å². The van der Waals surface area contributed by atoms with Gasteiger partial charge in [-0.05, 0) is 33.1 Å². The quantitative estimate of drug-likeness (QED) is 0.732. The molecular formula is C16H29NO4. The lowest BCUT2D eigenvalue weighted by atomic mass is 9.94. The van der Waals surface area contributed by atoms with Gasteiger partial charge >= 0.3 is 6.09 Å². The van der Waals surface area contributed by atoms with Crippen LogP contribution in [0.2, 0.25) is 0 Å². The minimum atomic E-state index is -0.506. The maximum absolute atomic E-state index is 12.0. The highest BCUT2D eigenvalue weighted by atomic mass is 16.6. The Balaban J connectivity index is 2.42. The molecule has 0 aromatic rings. The van der Waals surface area contributed by atoms with Gasteiger partial charge in [-0.2, -0.15) is 0 Å². The van der Waals surface area contributed by atoms with Crippen LogP contribution >= 0.6 is 0 Å². The zero-order valence-corrected chi connectivity index (χ0v) is 14.0. The number of piperidine rings is 1. The van der Waals surface area contributed by atoms with E-state index in [1.807, 2.05) is 20.8 Å². The maximum Gasteiger partial charge on any atom is 0.410 e. The first kappa shape index (κ1) is 18.0. The second kappa shape index (κ2) is 7.78. The Morgan fingerprint density at radius 1 is 1.38 bits per heavy atom. The number of ketones is 1. The van der Waals surface area contributed by atoms with Gasteiger partial charge in [-0.25, -0.2) is 4.79 Å². The molecule has 0 aromatic carbocycles. The molecule has 5 nitrogen and oxygen atoms in total. The molecule has 0 aliphatic carbocycles. The van der Waals surface area contributed by atoms with Gasteiger partial charge in [0, 0.05) is 38.6 Å². The highest BCUT2D eigenvalue weighted by Gasteiger charge is 2.31. The third kappa shape index (κ3) is 6.93. The highest BCUT2D eigenvalue weighted by Crippen LogP contribution is 2.19. The van der Waals surface area contributed by atoms with Crippen molar-refractivity contribution in [1.82, 2.24) is 4.90 Å². The second-order valence-electron chi connectivity index (χ2n) is 7.10. The van der Waals surface area contributed by atoms with Gasteiger partial charge in [0.15, 0.2) is 0 Å². The smallest absolute Gasteiger partial charge is 0.410 e. The normalized spacial score (nSPS) is 20.0. The van der Waals surface area contributed by atoms with Crippen molar-refractivity contribution >= 4 is 11.9 Å². The Bertz CT molecular complexity index is 360. The molecule has 0 radical (unpaired) electrons. The van der Waals surface area contributed by atoms with Crippen LogP contribution in [0.25, 0.3) is 0 Å². The van der Waals surface area contributed by atoms with Crippen LogP contribution < -0.4 is 0 Å². The third-order valence-corrected chi connectivity index (χ3v) is 3.24. The molecule has 1 rings (SSSR count). The van der Waals surface area contributed by atoms with Gasteiger partial charge in [0.2, 0.25) is 0 Å². The standard InChI is InChI=1S/C16H29NO4/c1-12(2)11-20-9-7-13-10-17(8-6-14(13)18)15(19)21-16(3,4)5/h12-13H,6-11H2,1-5H3. The van der Waals surface area contributed by atoms with Crippen molar-refractivity contribution in [2.75, 3.05) is 26.3 Å². The summed E-state index contributed by atoms with van der Waals surface area (Å²) in [4.78, 5) is 25.6. The van der Waals surface area contributed by atoms with Crippen molar-refractivity contribution in [3.63, 3.8) is 0 Å². The number of hydrogen-bond acceptors (Lipinski definition) is 4. The Hall–Kier alpha value is -1.10. The van der Waals surface area contributed by atoms with E-state index in [4.69, 9.17) is 9.47 Å². The summed E-state index contributed by atoms with van der Waals surface area (Å²) in [7, 11) is 0. The summed E-state index contributed by atoms with van der Waals surface area (Å²) in [6.07, 6.45) is 0.752. The predicted octanol–water partition coefficient (Wildman–Crippen LogP) is 2.88. The molecule has 0 aromatic heterocycles. The summed E-state index contributed by atoms with van der Waals surface area (Å²) in [5, 5.41) is 0. The van der Waals surface area contributed by atoms with Gasteiger partial charge in [0.05, 0.1) is 0 Å². The van der Waals surface area contributed by atoms with Crippen LogP contribution in [0.15, 0.2) is 0 Å². The van der Waals surface area contributed by atoms with Crippen molar-refractivity contribution in [2.24, 2.45) is 11.8 Å². The number of rotatable bonds is 5. The zero-order chi connectivity index (χ0) is 16.0. The first-order valence-corrected chi connectivity index (χ1v) is 7.77. The molecule has 1 aliphatic heterocycles. The monoisotopic (exact) mass is 299 g/mol. The van der Waals surface area contributed by atoms with Gasteiger partial charge in [-0.3, -0.25) is 4.79 Å². The first-order valence-electron chi connectivity index (χ1n) is 7.77. The van der Waals surface area contributed by atoms with Crippen LogP contribution in [0.4, 0.5) is 4.79 Å². The molecule has 0 bridgehead atoms. The van der Waals surface area contributed by atoms with Gasteiger partial charge < -0.3 is 14.4 Å². The van der Waals surface area contributed by atoms with E-state index in [-0.39, 0.29) is 17.8 Å². The molecule has 0 saturated carbocycles. The van der Waals surface area contributed by atoms with Crippen LogP contribution in [-0.4, -0.2) is 48.7 Å². The Morgan fingerprint density at radius 2 is 2.05 bits per heavy atom. The minimum Gasteiger partial charge on any atom is -0.444 e. The fourth-order valence-electron chi connectivity index (χ4n) is 2.20. The van der Waals surface area contributed by atoms with Crippen molar-refractivity contribution in [1.29, 1.82) is 0 Å². The fourth-order valence-corrected chi connectivity index (χ4v) is 2.20. The lowest BCUT2D eigenvalue weighted by Gasteiger charge is -2.33. The van der Waals surface area contributed by atoms with Gasteiger partial charge in [-0.1, -0.05) is 13.8 Å². The van der Waals surface area contributed by atoms with E-state index in [9.17, 15) is 9.59 Å². The van der Waals surface area contributed by atoms with E-state index in [1.54, 1.807) is 4.90 Å². The number of carbonyl (C=O) groups excluding carboxylic acids is 2. The van der Waals surface area contributed by atoms with E-state index in [0.29, 0.717) is 45.1 Å². The molecule has 0 spiro atoms. The van der Waals surface area contributed by atoms with E-state index in [0.717, 1.165) is 0 Å². The van der Waals surface area contributed by atoms with Crippen LogP contribution in [0.3, 0.4) is 0 Å². The molecule has 1 saturated heterocycles. The molecule has 1 aliphatic rings. The predicted molar refractivity (Wildman–Crippen MR) is 81.2 cm³/mol. The van der Waals surface area contributed by atoms with E-state index in [2.05, 4.69) is 13.8 Å². The van der Waals surface area contributed by atoms with E-state index < -0.39 is 5.60 Å². The summed E-state index contributed by atoms with van der Waals surface area (Å²) in [5.74, 6) is 0.590. The summed E-state index contributed by atoms with van der Waals surface area (Å²) in [6, 6.07) is 0. The second-order valence-corrected chi connectivity index (χ2v) is 7.10. The molecule has 1 heterocycles. The fraction of sp³-hybridized carbons (Fsp3) is 0.875. The van der Waals surface area contributed by atoms with Crippen molar-refractivity contribution in [2.45, 2.75) is 53.1 Å². The third-order valence-electron chi connectivity index (χ3n) is 3.24. The van der Waals surface area contributed by atoms with Gasteiger partial charge in [0.25, 0.3) is 0 Å². The van der Waals surface area contributed by atoms with Crippen molar-refractivity contribution < 1.29 is 19.1 Å². The minimum absolute atomic E-state index is 0.126. The highest BCUT2D eigenvalue weighted by molar-refractivity contribution is 5.84. The summed E-state index contributed by atoms with van der Waals surface area (Å²) in [6.45, 7) is 11.9. The van der Waals surface area contributed by atoms with Crippen molar-refractivity contribution in [3.8, 4) is 0 Å². The number of ether oxygens (including phenoxy) is 2. The van der Waals surface area contributed by atoms with Crippen molar-refractivity contribution in [3.05, 3.63) is 0 Å². The number of carbonyl (C=O) groups is 2. The number of likely N-dealkylation sites (tertiary alicyclic amines) is 1. The van der Waals surface area contributed by atoms with Crippen LogP contribution in [0.1, 0.15) is 47.5 Å². The molecule has 1 unspecified atom stereocenters. The molecule has 0 N–H and O–H groups in total. The summed E-state index contributed by atoms with van der Waals surface area (Å²) >= 11 is 0. The Kier molecular flexibility index (Phi) is 6.65.